The Morgan fingerprint density at radius 3 is 2.78 bits per heavy atom. The van der Waals surface area contributed by atoms with Gasteiger partial charge in [0, 0.05) is 26.3 Å². The minimum atomic E-state index is -2.59. The van der Waals surface area contributed by atoms with Gasteiger partial charge in [0.25, 0.3) is 5.92 Å². The molecule has 2 heterocycles. The van der Waals surface area contributed by atoms with Crippen molar-refractivity contribution in [1.82, 2.24) is 10.2 Å². The number of nitrogens with zero attached hydrogens (tertiary/aromatic N) is 2. The number of carbonyl (C=O) groups is 1. The highest BCUT2D eigenvalue weighted by atomic mass is 19.3. The molecule has 2 fully saturated rings. The third kappa shape index (κ3) is 5.66. The molecule has 0 aromatic heterocycles. The molecule has 172 valence electrons. The van der Waals surface area contributed by atoms with E-state index in [2.05, 4.69) is 15.2 Å². The molecule has 0 bridgehead atoms. The second kappa shape index (κ2) is 9.30. The van der Waals surface area contributed by atoms with Crippen molar-refractivity contribution in [2.45, 2.75) is 51.2 Å². The number of hydrogen-bond donors (Lipinski definition) is 1. The van der Waals surface area contributed by atoms with Crippen LogP contribution in [0.4, 0.5) is 8.78 Å². The summed E-state index contributed by atoms with van der Waals surface area (Å²) in [7, 11) is 0. The van der Waals surface area contributed by atoms with Crippen LogP contribution in [0.2, 0.25) is 0 Å². The second-order valence-electron chi connectivity index (χ2n) is 8.59. The fraction of sp³-hybridized carbons (Fsp3) is 0.500. The van der Waals surface area contributed by atoms with Gasteiger partial charge in [-0.2, -0.15) is 4.99 Å². The molecule has 1 saturated carbocycles. The smallest absolute Gasteiger partial charge is 0.255 e. The molecule has 1 saturated heterocycles. The predicted octanol–water partition coefficient (Wildman–Crippen LogP) is 4.21. The van der Waals surface area contributed by atoms with Crippen molar-refractivity contribution in [2.24, 2.45) is 10.9 Å². The quantitative estimate of drug-likeness (QED) is 0.683. The monoisotopic (exact) mass is 445 g/mol. The molecule has 3 atom stereocenters. The molecule has 1 amide bonds. The summed E-state index contributed by atoms with van der Waals surface area (Å²) in [6, 6.07) is 7.70. The average molecular weight is 446 g/mol. The molecule has 32 heavy (non-hydrogen) atoms. The Balaban J connectivity index is 1.30. The molecular weight excluding hydrogens is 416 g/mol. The lowest BCUT2D eigenvalue weighted by atomic mass is 10.1. The van der Waals surface area contributed by atoms with E-state index in [9.17, 15) is 13.6 Å². The van der Waals surface area contributed by atoms with Crippen molar-refractivity contribution in [2.75, 3.05) is 19.7 Å². The van der Waals surface area contributed by atoms with Gasteiger partial charge < -0.3 is 19.7 Å². The standard InChI is InChI=1S/C24H29F2N3O3/c1-16(27-17(2)30)18-7-9-20(10-8-18)32-21-11-12-29(14-21)22-5-3-4-6-23(28-22)31-15-19-13-24(19,25)26/h4-10,16,19,21H,3,11-15H2,1-2H3,(H,27,30). The van der Waals surface area contributed by atoms with Crippen LogP contribution in [0.5, 0.6) is 5.75 Å². The van der Waals surface area contributed by atoms with Crippen molar-refractivity contribution in [1.29, 1.82) is 0 Å². The number of likely N-dealkylation sites (tertiary alicyclic amines) is 1. The number of carbonyl (C=O) groups excluding carboxylic acids is 1. The first-order chi connectivity index (χ1) is 15.3. The zero-order chi connectivity index (χ0) is 22.7. The number of hydrogen-bond acceptors (Lipinski definition) is 5. The van der Waals surface area contributed by atoms with Crippen molar-refractivity contribution >= 4 is 11.8 Å². The fourth-order valence-corrected chi connectivity index (χ4v) is 3.90. The van der Waals surface area contributed by atoms with Crippen molar-refractivity contribution in [3.63, 3.8) is 0 Å². The van der Waals surface area contributed by atoms with Gasteiger partial charge in [0.2, 0.25) is 11.8 Å². The lowest BCUT2D eigenvalue weighted by Crippen LogP contribution is -2.25. The van der Waals surface area contributed by atoms with Gasteiger partial charge >= 0.3 is 0 Å². The first-order valence-corrected chi connectivity index (χ1v) is 11.0. The van der Waals surface area contributed by atoms with Crippen LogP contribution in [0, 0.1) is 5.92 Å². The van der Waals surface area contributed by atoms with Gasteiger partial charge in [-0.05, 0) is 43.2 Å². The molecule has 0 radical (unpaired) electrons. The highest BCUT2D eigenvalue weighted by molar-refractivity contribution is 5.88. The molecule has 4 rings (SSSR count). The molecule has 2 aliphatic heterocycles. The molecule has 3 unspecified atom stereocenters. The molecule has 0 spiro atoms. The minimum Gasteiger partial charge on any atom is -0.489 e. The van der Waals surface area contributed by atoms with Crippen LogP contribution in [0.1, 0.15) is 44.7 Å². The van der Waals surface area contributed by atoms with Crippen molar-refractivity contribution in [3.05, 3.63) is 53.9 Å². The zero-order valence-corrected chi connectivity index (χ0v) is 18.4. The number of alkyl halides is 2. The number of amides is 1. The van der Waals surface area contributed by atoms with Crippen LogP contribution < -0.4 is 10.1 Å². The molecule has 1 aromatic rings. The summed E-state index contributed by atoms with van der Waals surface area (Å²) in [6.45, 7) is 4.92. The summed E-state index contributed by atoms with van der Waals surface area (Å²) in [4.78, 5) is 17.9. The number of halogens is 2. The Morgan fingerprint density at radius 1 is 1.34 bits per heavy atom. The van der Waals surface area contributed by atoms with Crippen molar-refractivity contribution < 1.29 is 23.0 Å². The highest BCUT2D eigenvalue weighted by Crippen LogP contribution is 2.48. The SMILES string of the molecule is CC(=O)NC(C)c1ccc(OC2CCN(C3=CCC=CC(OCC4CC4(F)F)=N3)C2)cc1. The number of aliphatic imine (C=N–C) groups is 1. The van der Waals surface area contributed by atoms with Gasteiger partial charge in [-0.15, -0.1) is 0 Å². The van der Waals surface area contributed by atoms with E-state index in [0.717, 1.165) is 30.1 Å². The number of benzene rings is 1. The highest BCUT2D eigenvalue weighted by Gasteiger charge is 2.57. The molecule has 8 heteroatoms. The molecule has 3 aliphatic rings. The Labute approximate surface area is 187 Å². The van der Waals surface area contributed by atoms with Gasteiger partial charge in [0.15, 0.2) is 0 Å². The summed E-state index contributed by atoms with van der Waals surface area (Å²) >= 11 is 0. The van der Waals surface area contributed by atoms with Crippen molar-refractivity contribution in [3.8, 4) is 5.75 Å². The Bertz CT molecular complexity index is 927. The summed E-state index contributed by atoms with van der Waals surface area (Å²) in [6.07, 6.45) is 7.16. The topological polar surface area (TPSA) is 63.2 Å². The van der Waals surface area contributed by atoms with E-state index in [4.69, 9.17) is 9.47 Å². The Kier molecular flexibility index (Phi) is 6.48. The van der Waals surface area contributed by atoms with Crippen LogP contribution in [0.15, 0.2) is 53.3 Å². The van der Waals surface area contributed by atoms with Gasteiger partial charge in [-0.3, -0.25) is 4.79 Å². The lowest BCUT2D eigenvalue weighted by molar-refractivity contribution is -0.119. The largest absolute Gasteiger partial charge is 0.489 e. The summed E-state index contributed by atoms with van der Waals surface area (Å²) in [5.74, 6) is -1.40. The zero-order valence-electron chi connectivity index (χ0n) is 18.4. The Morgan fingerprint density at radius 2 is 2.09 bits per heavy atom. The molecule has 1 aliphatic carbocycles. The minimum absolute atomic E-state index is 0.00820. The number of nitrogens with one attached hydrogen (secondary N) is 1. The summed E-state index contributed by atoms with van der Waals surface area (Å²) in [5.41, 5.74) is 1.02. The molecule has 1 N–H and O–H groups in total. The van der Waals surface area contributed by atoms with E-state index in [0.29, 0.717) is 18.9 Å². The van der Waals surface area contributed by atoms with Crippen LogP contribution >= 0.6 is 0 Å². The maximum Gasteiger partial charge on any atom is 0.255 e. The van der Waals surface area contributed by atoms with Gasteiger partial charge in [0.1, 0.15) is 17.7 Å². The maximum atomic E-state index is 13.1. The third-order valence-corrected chi connectivity index (χ3v) is 5.88. The molecular formula is C24H29F2N3O3. The molecule has 1 aromatic carbocycles. The molecule has 6 nitrogen and oxygen atoms in total. The third-order valence-electron chi connectivity index (χ3n) is 5.88. The fourth-order valence-electron chi connectivity index (χ4n) is 3.90. The van der Waals surface area contributed by atoms with Crippen LogP contribution in [0.3, 0.4) is 0 Å². The van der Waals surface area contributed by atoms with Gasteiger partial charge in [-0.1, -0.05) is 18.2 Å². The van der Waals surface area contributed by atoms with Crippen LogP contribution in [-0.4, -0.2) is 48.4 Å². The number of allylic oxidation sites excluding steroid dienone is 2. The van der Waals surface area contributed by atoms with E-state index in [1.54, 1.807) is 6.08 Å². The van der Waals surface area contributed by atoms with E-state index in [1.807, 2.05) is 43.3 Å². The summed E-state index contributed by atoms with van der Waals surface area (Å²) < 4.78 is 37.9. The predicted molar refractivity (Wildman–Crippen MR) is 118 cm³/mol. The number of ether oxygens (including phenoxy) is 2. The summed E-state index contributed by atoms with van der Waals surface area (Å²) in [5, 5.41) is 2.87. The van der Waals surface area contributed by atoms with Crippen LogP contribution in [-0.2, 0) is 9.53 Å². The van der Waals surface area contributed by atoms with Gasteiger partial charge in [-0.25, -0.2) is 8.78 Å². The lowest BCUT2D eigenvalue weighted by Gasteiger charge is -2.20. The normalized spacial score (nSPS) is 24.8. The first kappa shape index (κ1) is 22.3. The van der Waals surface area contributed by atoms with Crippen LogP contribution in [0.25, 0.3) is 0 Å². The van der Waals surface area contributed by atoms with E-state index in [-0.39, 0.29) is 31.1 Å². The van der Waals surface area contributed by atoms with E-state index >= 15 is 0 Å². The number of rotatable bonds is 7. The first-order valence-electron chi connectivity index (χ1n) is 11.0. The second-order valence-corrected chi connectivity index (χ2v) is 8.59. The van der Waals surface area contributed by atoms with E-state index < -0.39 is 11.8 Å². The van der Waals surface area contributed by atoms with Gasteiger partial charge in [0.05, 0.1) is 25.1 Å². The Hall–Kier alpha value is -2.90. The average Bonchev–Trinajstić information content (AvgIpc) is 3.22. The van der Waals surface area contributed by atoms with E-state index in [1.165, 1.54) is 6.92 Å². The maximum absolute atomic E-state index is 13.1.